The Morgan fingerprint density at radius 2 is 0.528 bits per heavy atom. The predicted octanol–water partition coefficient (Wildman–Crippen LogP) is 27.2. The molecule has 0 saturated heterocycles. The van der Waals surface area contributed by atoms with E-state index < -0.39 is 12.1 Å². The van der Waals surface area contributed by atoms with Crippen LogP contribution in [0.4, 0.5) is 0 Å². The van der Waals surface area contributed by atoms with Crippen molar-refractivity contribution in [3.05, 3.63) is 24.3 Å². The molecule has 2 atom stereocenters. The number of esters is 1. The summed E-state index contributed by atoms with van der Waals surface area (Å²) < 4.78 is 5.50. The number of unbranched alkanes of at least 4 members (excludes halogenated alkanes) is 65. The van der Waals surface area contributed by atoms with Gasteiger partial charge in [0.15, 0.2) is 0 Å². The van der Waals surface area contributed by atoms with Crippen LogP contribution in [0.5, 0.6) is 0 Å². The SMILES string of the molecule is CCCCCCCC/C=C\CCCCCCCC(=O)OCCCCCCCCCCCCCCCCCCCCCCCCCCCCCCCCCCCC(=O)NC(CO)C(O)/C=C/CCCCCCCCCCCCCCCCCCCCCCCC. The highest BCUT2D eigenvalue weighted by Gasteiger charge is 2.18. The Morgan fingerprint density at radius 1 is 0.303 bits per heavy atom. The molecule has 6 heteroatoms. The van der Waals surface area contributed by atoms with E-state index in [1.165, 1.54) is 398 Å². The van der Waals surface area contributed by atoms with E-state index in [-0.39, 0.29) is 18.5 Å². The molecule has 3 N–H and O–H groups in total. The van der Waals surface area contributed by atoms with Gasteiger partial charge in [-0.2, -0.15) is 0 Å². The van der Waals surface area contributed by atoms with Crippen molar-refractivity contribution in [2.45, 2.75) is 482 Å². The van der Waals surface area contributed by atoms with Gasteiger partial charge >= 0.3 is 5.97 Å². The summed E-state index contributed by atoms with van der Waals surface area (Å²) >= 11 is 0. The number of ether oxygens (including phenoxy) is 1. The number of amides is 1. The Labute approximate surface area is 558 Å². The van der Waals surface area contributed by atoms with E-state index in [0.29, 0.717) is 19.4 Å². The smallest absolute Gasteiger partial charge is 0.305 e. The molecule has 0 aliphatic heterocycles. The fourth-order valence-corrected chi connectivity index (χ4v) is 13.2. The molecule has 528 valence electrons. The lowest BCUT2D eigenvalue weighted by Crippen LogP contribution is -2.45. The molecule has 6 nitrogen and oxygen atoms in total. The highest BCUT2D eigenvalue weighted by molar-refractivity contribution is 5.76. The van der Waals surface area contributed by atoms with Crippen molar-refractivity contribution >= 4 is 11.9 Å². The van der Waals surface area contributed by atoms with Crippen LogP contribution >= 0.6 is 0 Å². The maximum absolute atomic E-state index is 12.6. The summed E-state index contributed by atoms with van der Waals surface area (Å²) in [4.78, 5) is 24.6. The van der Waals surface area contributed by atoms with Gasteiger partial charge in [-0.15, -0.1) is 0 Å². The molecule has 0 rings (SSSR count). The number of aliphatic hydroxyl groups is 2. The van der Waals surface area contributed by atoms with Crippen LogP contribution in [0.25, 0.3) is 0 Å². The van der Waals surface area contributed by atoms with Gasteiger partial charge in [0.2, 0.25) is 5.91 Å². The molecule has 0 spiro atoms. The normalized spacial score (nSPS) is 12.5. The van der Waals surface area contributed by atoms with Gasteiger partial charge in [0.1, 0.15) is 0 Å². The zero-order chi connectivity index (χ0) is 64.2. The van der Waals surface area contributed by atoms with E-state index in [9.17, 15) is 19.8 Å². The molecule has 0 radical (unpaired) electrons. The maximum Gasteiger partial charge on any atom is 0.305 e. The maximum atomic E-state index is 12.6. The van der Waals surface area contributed by atoms with Gasteiger partial charge in [-0.1, -0.05) is 423 Å². The van der Waals surface area contributed by atoms with Gasteiger partial charge in [-0.25, -0.2) is 0 Å². The molecule has 0 saturated carbocycles. The molecule has 0 fully saturated rings. The second-order valence-electron chi connectivity index (χ2n) is 28.5. The first kappa shape index (κ1) is 87.3. The lowest BCUT2D eigenvalue weighted by atomic mass is 10.0. The molecule has 89 heavy (non-hydrogen) atoms. The van der Waals surface area contributed by atoms with Gasteiger partial charge in [0.25, 0.3) is 0 Å². The van der Waals surface area contributed by atoms with Gasteiger partial charge in [0.05, 0.1) is 25.4 Å². The number of rotatable bonds is 78. The summed E-state index contributed by atoms with van der Waals surface area (Å²) in [5, 5.41) is 23.3. The van der Waals surface area contributed by atoms with E-state index >= 15 is 0 Å². The third-order valence-corrected chi connectivity index (χ3v) is 19.5. The van der Waals surface area contributed by atoms with E-state index in [1.54, 1.807) is 6.08 Å². The summed E-state index contributed by atoms with van der Waals surface area (Å²) in [6.07, 6.45) is 102. The van der Waals surface area contributed by atoms with Crippen molar-refractivity contribution in [3.8, 4) is 0 Å². The Morgan fingerprint density at radius 3 is 0.798 bits per heavy atom. The predicted molar refractivity (Wildman–Crippen MR) is 393 cm³/mol. The fraction of sp³-hybridized carbons (Fsp3) is 0.928. The first-order chi connectivity index (χ1) is 44.0. The Kier molecular flexibility index (Phi) is 77.3. The summed E-state index contributed by atoms with van der Waals surface area (Å²) in [7, 11) is 0. The van der Waals surface area contributed by atoms with Crippen LogP contribution in [-0.4, -0.2) is 47.4 Å². The van der Waals surface area contributed by atoms with Crippen LogP contribution in [0.3, 0.4) is 0 Å². The van der Waals surface area contributed by atoms with Crippen LogP contribution in [0.2, 0.25) is 0 Å². The van der Waals surface area contributed by atoms with Crippen LogP contribution in [-0.2, 0) is 14.3 Å². The van der Waals surface area contributed by atoms with Crippen molar-refractivity contribution in [1.82, 2.24) is 5.32 Å². The zero-order valence-electron chi connectivity index (χ0n) is 60.7. The second-order valence-corrected chi connectivity index (χ2v) is 28.5. The minimum atomic E-state index is -0.842. The molecule has 0 aromatic heterocycles. The number of carbonyl (C=O) groups excluding carboxylic acids is 2. The Balaban J connectivity index is 3.34. The monoisotopic (exact) mass is 1250 g/mol. The molecular formula is C83H161NO5. The van der Waals surface area contributed by atoms with Crippen LogP contribution in [0.15, 0.2) is 24.3 Å². The van der Waals surface area contributed by atoms with Gasteiger partial charge in [0, 0.05) is 12.8 Å². The topological polar surface area (TPSA) is 95.9 Å². The van der Waals surface area contributed by atoms with Crippen molar-refractivity contribution in [2.24, 2.45) is 0 Å². The number of carbonyl (C=O) groups is 2. The lowest BCUT2D eigenvalue weighted by Gasteiger charge is -2.20. The third-order valence-electron chi connectivity index (χ3n) is 19.5. The first-order valence-corrected chi connectivity index (χ1v) is 41.1. The standard InChI is InChI=1S/C83H161NO5/c1-3-5-7-9-11-13-15-17-19-20-21-22-23-35-38-41-44-48-51-55-59-63-67-71-75-81(86)80(79-85)84-82(87)76-72-68-64-60-56-52-49-45-42-39-36-33-31-29-27-25-24-26-28-30-32-34-37-40-43-46-50-54-58-62-66-70-74-78-89-83(88)77-73-69-65-61-57-53-47-18-16-14-12-10-8-6-4-2/h18,47,71,75,80-81,85-86H,3-17,19-46,48-70,72-74,76-79H2,1-2H3,(H,84,87)/b47-18-,75-71+. The van der Waals surface area contributed by atoms with Crippen molar-refractivity contribution in [3.63, 3.8) is 0 Å². The van der Waals surface area contributed by atoms with E-state index in [2.05, 4.69) is 31.3 Å². The number of hydrogen-bond donors (Lipinski definition) is 3. The molecule has 2 unspecified atom stereocenters. The Bertz CT molecular complexity index is 1400. The van der Waals surface area contributed by atoms with E-state index in [0.717, 1.165) is 44.9 Å². The van der Waals surface area contributed by atoms with Crippen molar-refractivity contribution in [1.29, 1.82) is 0 Å². The molecular weight excluding hydrogens is 1090 g/mol. The molecule has 0 aliphatic rings. The minimum absolute atomic E-state index is 0.0146. The highest BCUT2D eigenvalue weighted by atomic mass is 16.5. The van der Waals surface area contributed by atoms with Crippen molar-refractivity contribution in [2.75, 3.05) is 13.2 Å². The van der Waals surface area contributed by atoms with Crippen LogP contribution < -0.4 is 5.32 Å². The molecule has 0 bridgehead atoms. The molecule has 0 heterocycles. The van der Waals surface area contributed by atoms with E-state index in [1.807, 2.05) is 6.08 Å². The average molecular weight is 1250 g/mol. The Hall–Kier alpha value is -1.66. The average Bonchev–Trinajstić information content (AvgIpc) is 3.63. The summed E-state index contributed by atoms with van der Waals surface area (Å²) in [6, 6.07) is -0.625. The second kappa shape index (κ2) is 78.8. The zero-order valence-corrected chi connectivity index (χ0v) is 60.7. The molecule has 0 aromatic rings. The quantitative estimate of drug-likeness (QED) is 0.0320. The first-order valence-electron chi connectivity index (χ1n) is 41.1. The van der Waals surface area contributed by atoms with Crippen LogP contribution in [0.1, 0.15) is 470 Å². The summed E-state index contributed by atoms with van der Waals surface area (Å²) in [5.41, 5.74) is 0. The highest BCUT2D eigenvalue weighted by Crippen LogP contribution is 2.20. The lowest BCUT2D eigenvalue weighted by molar-refractivity contribution is -0.143. The number of aliphatic hydroxyl groups excluding tert-OH is 2. The number of allylic oxidation sites excluding steroid dienone is 3. The summed E-state index contributed by atoms with van der Waals surface area (Å²) in [6.45, 7) is 4.95. The van der Waals surface area contributed by atoms with Gasteiger partial charge in [-0.05, 0) is 57.8 Å². The van der Waals surface area contributed by atoms with Crippen LogP contribution in [0, 0.1) is 0 Å². The third kappa shape index (κ3) is 75.3. The van der Waals surface area contributed by atoms with Crippen molar-refractivity contribution < 1.29 is 24.5 Å². The largest absolute Gasteiger partial charge is 0.466 e. The van der Waals surface area contributed by atoms with Gasteiger partial charge in [-0.3, -0.25) is 9.59 Å². The number of hydrogen-bond acceptors (Lipinski definition) is 5. The summed E-state index contributed by atoms with van der Waals surface area (Å²) in [5.74, 6) is -0.0431. The fourth-order valence-electron chi connectivity index (χ4n) is 13.2. The van der Waals surface area contributed by atoms with Gasteiger partial charge < -0.3 is 20.3 Å². The van der Waals surface area contributed by atoms with E-state index in [4.69, 9.17) is 4.74 Å². The molecule has 0 aromatic carbocycles. The minimum Gasteiger partial charge on any atom is -0.466 e. The number of nitrogens with one attached hydrogen (secondary N) is 1. The molecule has 1 amide bonds. The molecule has 0 aliphatic carbocycles.